The molecule has 7 heteroatoms. The normalized spacial score (nSPS) is 14.6. The van der Waals surface area contributed by atoms with E-state index >= 15 is 0 Å². The highest BCUT2D eigenvalue weighted by atomic mass is 19.1. The maximum absolute atomic E-state index is 14.0. The number of ether oxygens (including phenoxy) is 1. The number of carbonyl (C=O) groups is 2. The first-order chi connectivity index (χ1) is 14.6. The van der Waals surface area contributed by atoms with Gasteiger partial charge in [0.05, 0.1) is 12.2 Å². The lowest BCUT2D eigenvalue weighted by atomic mass is 10.2. The summed E-state index contributed by atoms with van der Waals surface area (Å²) in [5.74, 6) is -0.215. The Morgan fingerprint density at radius 3 is 2.47 bits per heavy atom. The van der Waals surface area contributed by atoms with Gasteiger partial charge in [-0.1, -0.05) is 12.1 Å². The Morgan fingerprint density at radius 2 is 1.73 bits per heavy atom. The van der Waals surface area contributed by atoms with Crippen LogP contribution in [0.3, 0.4) is 0 Å². The van der Waals surface area contributed by atoms with E-state index in [4.69, 9.17) is 4.74 Å². The molecule has 4 rings (SSSR count). The van der Waals surface area contributed by atoms with E-state index in [9.17, 15) is 14.0 Å². The number of aromatic nitrogens is 1. The summed E-state index contributed by atoms with van der Waals surface area (Å²) < 4.78 is 19.5. The van der Waals surface area contributed by atoms with Crippen molar-refractivity contribution < 1.29 is 18.7 Å². The predicted molar refractivity (Wildman–Crippen MR) is 112 cm³/mol. The molecule has 0 aliphatic carbocycles. The summed E-state index contributed by atoms with van der Waals surface area (Å²) in [4.78, 5) is 32.3. The fraction of sp³-hybridized carbons (Fsp3) is 0.304. The molecule has 0 bridgehead atoms. The van der Waals surface area contributed by atoms with Gasteiger partial charge in [0.15, 0.2) is 0 Å². The van der Waals surface area contributed by atoms with Crippen LogP contribution in [0.15, 0.2) is 48.5 Å². The van der Waals surface area contributed by atoms with E-state index < -0.39 is 5.82 Å². The number of hydrogen-bond acceptors (Lipinski definition) is 3. The topological polar surface area (TPSA) is 65.6 Å². The first-order valence-corrected chi connectivity index (χ1v) is 10.2. The number of nitrogens with zero attached hydrogens (tertiary/aromatic N) is 2. The van der Waals surface area contributed by atoms with Crippen LogP contribution < -0.4 is 4.74 Å². The summed E-state index contributed by atoms with van der Waals surface area (Å²) in [6.07, 6.45) is 0.640. The third-order valence-corrected chi connectivity index (χ3v) is 5.31. The second-order valence-corrected chi connectivity index (χ2v) is 7.28. The molecule has 3 aromatic rings. The van der Waals surface area contributed by atoms with Crippen LogP contribution in [-0.2, 0) is 0 Å². The highest BCUT2D eigenvalue weighted by Gasteiger charge is 2.25. The molecule has 156 valence electrons. The molecule has 1 saturated heterocycles. The van der Waals surface area contributed by atoms with Crippen LogP contribution in [0, 0.1) is 5.82 Å². The van der Waals surface area contributed by atoms with Crippen LogP contribution in [-0.4, -0.2) is 59.4 Å². The Bertz CT molecular complexity index is 1080. The van der Waals surface area contributed by atoms with Gasteiger partial charge >= 0.3 is 0 Å². The standard InChI is InChI=1S/C23H24FN3O3/c1-2-30-17-9-8-16-14-21(25-20(16)15-17)23(29)27-11-5-10-26(12-13-27)22(28)18-6-3-4-7-19(18)24/h3-4,6-9,14-15,25H,2,5,10-13H2,1H3. The van der Waals surface area contributed by atoms with Gasteiger partial charge in [0.25, 0.3) is 11.8 Å². The molecule has 0 spiro atoms. The summed E-state index contributed by atoms with van der Waals surface area (Å²) in [6, 6.07) is 13.5. The van der Waals surface area contributed by atoms with E-state index in [2.05, 4.69) is 4.98 Å². The van der Waals surface area contributed by atoms with E-state index in [0.717, 1.165) is 16.7 Å². The Hall–Kier alpha value is -3.35. The van der Waals surface area contributed by atoms with Crippen molar-refractivity contribution in [2.45, 2.75) is 13.3 Å². The van der Waals surface area contributed by atoms with Crippen molar-refractivity contribution in [3.05, 3.63) is 65.6 Å². The molecule has 1 N–H and O–H groups in total. The summed E-state index contributed by atoms with van der Waals surface area (Å²) in [6.45, 7) is 4.30. The first kappa shape index (κ1) is 19.9. The number of H-pyrrole nitrogens is 1. The molecule has 6 nitrogen and oxygen atoms in total. The van der Waals surface area contributed by atoms with E-state index in [0.29, 0.717) is 44.9 Å². The van der Waals surface area contributed by atoms with Gasteiger partial charge in [0.2, 0.25) is 0 Å². The smallest absolute Gasteiger partial charge is 0.270 e. The zero-order valence-electron chi connectivity index (χ0n) is 16.9. The highest BCUT2D eigenvalue weighted by molar-refractivity contribution is 5.98. The lowest BCUT2D eigenvalue weighted by Crippen LogP contribution is -2.37. The minimum Gasteiger partial charge on any atom is -0.494 e. The number of aromatic amines is 1. The van der Waals surface area contributed by atoms with Gasteiger partial charge in [-0.25, -0.2) is 4.39 Å². The molecule has 1 aromatic heterocycles. The van der Waals surface area contributed by atoms with Crippen LogP contribution in [0.5, 0.6) is 5.75 Å². The zero-order valence-corrected chi connectivity index (χ0v) is 16.9. The Balaban J connectivity index is 1.46. The van der Waals surface area contributed by atoms with Crippen molar-refractivity contribution in [3.63, 3.8) is 0 Å². The molecule has 0 saturated carbocycles. The monoisotopic (exact) mass is 409 g/mol. The van der Waals surface area contributed by atoms with Gasteiger partial charge in [-0.05, 0) is 43.7 Å². The minimum atomic E-state index is -0.524. The molecular formula is C23H24FN3O3. The van der Waals surface area contributed by atoms with Gasteiger partial charge in [-0.15, -0.1) is 0 Å². The largest absolute Gasteiger partial charge is 0.494 e. The fourth-order valence-corrected chi connectivity index (χ4v) is 3.78. The zero-order chi connectivity index (χ0) is 21.1. The maximum atomic E-state index is 14.0. The van der Waals surface area contributed by atoms with Gasteiger partial charge in [0.1, 0.15) is 17.3 Å². The van der Waals surface area contributed by atoms with Gasteiger partial charge in [-0.3, -0.25) is 9.59 Å². The third-order valence-electron chi connectivity index (χ3n) is 5.31. The van der Waals surface area contributed by atoms with Crippen LogP contribution in [0.1, 0.15) is 34.2 Å². The molecule has 1 fully saturated rings. The number of fused-ring (bicyclic) bond motifs is 1. The average Bonchev–Trinajstić information content (AvgIpc) is 3.01. The summed E-state index contributed by atoms with van der Waals surface area (Å²) in [5.41, 5.74) is 1.42. The van der Waals surface area contributed by atoms with Crippen LogP contribution in [0.4, 0.5) is 4.39 Å². The number of halogens is 1. The molecule has 0 atom stereocenters. The van der Waals surface area contributed by atoms with Crippen LogP contribution in [0.25, 0.3) is 10.9 Å². The average molecular weight is 409 g/mol. The van der Waals surface area contributed by atoms with Gasteiger partial charge < -0.3 is 19.5 Å². The van der Waals surface area contributed by atoms with Crippen molar-refractivity contribution in [3.8, 4) is 5.75 Å². The molecule has 0 unspecified atom stereocenters. The molecule has 2 amide bonds. The van der Waals surface area contributed by atoms with Crippen LogP contribution >= 0.6 is 0 Å². The van der Waals surface area contributed by atoms with Crippen molar-refractivity contribution in [2.75, 3.05) is 32.8 Å². The molecule has 2 aromatic carbocycles. The van der Waals surface area contributed by atoms with Crippen molar-refractivity contribution in [1.29, 1.82) is 0 Å². The van der Waals surface area contributed by atoms with Gasteiger partial charge in [-0.2, -0.15) is 0 Å². The molecule has 1 aliphatic rings. The molecule has 1 aliphatic heterocycles. The maximum Gasteiger partial charge on any atom is 0.270 e. The van der Waals surface area contributed by atoms with Crippen molar-refractivity contribution >= 4 is 22.7 Å². The number of carbonyl (C=O) groups excluding carboxylic acids is 2. The highest BCUT2D eigenvalue weighted by Crippen LogP contribution is 2.23. The SMILES string of the molecule is CCOc1ccc2cc(C(=O)N3CCCN(C(=O)c4ccccc4F)CC3)[nH]c2c1. The number of nitrogens with one attached hydrogen (secondary N) is 1. The van der Waals surface area contributed by atoms with E-state index in [1.54, 1.807) is 21.9 Å². The minimum absolute atomic E-state index is 0.0676. The summed E-state index contributed by atoms with van der Waals surface area (Å²) >= 11 is 0. The lowest BCUT2D eigenvalue weighted by molar-refractivity contribution is 0.0714. The second-order valence-electron chi connectivity index (χ2n) is 7.28. The van der Waals surface area contributed by atoms with E-state index in [1.807, 2.05) is 31.2 Å². The van der Waals surface area contributed by atoms with E-state index in [1.165, 1.54) is 12.1 Å². The molecular weight excluding hydrogens is 385 g/mol. The molecule has 30 heavy (non-hydrogen) atoms. The third kappa shape index (κ3) is 4.01. The van der Waals surface area contributed by atoms with Crippen molar-refractivity contribution in [2.24, 2.45) is 0 Å². The lowest BCUT2D eigenvalue weighted by Gasteiger charge is -2.22. The van der Waals surface area contributed by atoms with E-state index in [-0.39, 0.29) is 17.4 Å². The van der Waals surface area contributed by atoms with Crippen LogP contribution in [0.2, 0.25) is 0 Å². The molecule has 0 radical (unpaired) electrons. The fourth-order valence-electron chi connectivity index (χ4n) is 3.78. The Morgan fingerprint density at radius 1 is 1.00 bits per heavy atom. The summed E-state index contributed by atoms with van der Waals surface area (Å²) in [7, 11) is 0. The summed E-state index contributed by atoms with van der Waals surface area (Å²) in [5, 5.41) is 0.938. The first-order valence-electron chi connectivity index (χ1n) is 10.2. The van der Waals surface area contributed by atoms with Gasteiger partial charge in [0, 0.05) is 43.1 Å². The number of hydrogen-bond donors (Lipinski definition) is 1. The van der Waals surface area contributed by atoms with Crippen molar-refractivity contribution in [1.82, 2.24) is 14.8 Å². The number of rotatable bonds is 4. The Kier molecular flexibility index (Phi) is 5.70. The quantitative estimate of drug-likeness (QED) is 0.715. The predicted octanol–water partition coefficient (Wildman–Crippen LogP) is 3.69. The second kappa shape index (κ2) is 8.57. The number of amides is 2. The Labute approximate surface area is 174 Å². The number of benzene rings is 2. The molecule has 2 heterocycles.